The predicted molar refractivity (Wildman–Crippen MR) is 58.0 cm³/mol. The summed E-state index contributed by atoms with van der Waals surface area (Å²) < 4.78 is 0. The van der Waals surface area contributed by atoms with Gasteiger partial charge in [-0.15, -0.1) is 0 Å². The molecule has 0 unspecified atom stereocenters. The second-order valence-electron chi connectivity index (χ2n) is 3.62. The standard InChI is InChI=1S/C9H15P.ClH.Pd/c1-10(2,3)9-7-5-4-6-8-9;;/h4-8,10H,1-3H3;1H;/q;;+1/p-1. The summed E-state index contributed by atoms with van der Waals surface area (Å²) >= 11 is 2.22. The Morgan fingerprint density at radius 1 is 1.00 bits per heavy atom. The molecule has 0 saturated carbocycles. The molecule has 1 aromatic rings. The van der Waals surface area contributed by atoms with Gasteiger partial charge in [0, 0.05) is 0 Å². The Balaban J connectivity index is 0.000000561. The molecule has 12 heavy (non-hydrogen) atoms. The fourth-order valence-corrected chi connectivity index (χ4v) is 2.13. The molecule has 0 saturated heterocycles. The van der Waals surface area contributed by atoms with Crippen molar-refractivity contribution in [1.82, 2.24) is 0 Å². The molecular weight excluding hydrogens is 281 g/mol. The number of hydrogen-bond donors (Lipinski definition) is 0. The number of hydrogen-bond acceptors (Lipinski definition) is 0. The first-order valence-corrected chi connectivity index (χ1v) is 9.28. The molecule has 1 rings (SSSR count). The van der Waals surface area contributed by atoms with E-state index in [-0.39, 0.29) is 0 Å². The molecule has 0 aliphatic carbocycles. The quantitative estimate of drug-likeness (QED) is 0.552. The Kier molecular flexibility index (Phi) is 6.42. The first-order chi connectivity index (χ1) is 5.61. The van der Waals surface area contributed by atoms with Crippen molar-refractivity contribution in [3.05, 3.63) is 30.3 Å². The van der Waals surface area contributed by atoms with Crippen LogP contribution in [0, 0.1) is 0 Å². The molecule has 0 heterocycles. The summed E-state index contributed by atoms with van der Waals surface area (Å²) in [6.07, 6.45) is 0. The summed E-state index contributed by atoms with van der Waals surface area (Å²) in [5.41, 5.74) is 0. The van der Waals surface area contributed by atoms with E-state index in [4.69, 9.17) is 0 Å². The van der Waals surface area contributed by atoms with Gasteiger partial charge in [0.1, 0.15) is 0 Å². The summed E-state index contributed by atoms with van der Waals surface area (Å²) in [6, 6.07) is 10.8. The first-order valence-electron chi connectivity index (χ1n) is 3.78. The van der Waals surface area contributed by atoms with Gasteiger partial charge in [0.25, 0.3) is 0 Å². The van der Waals surface area contributed by atoms with Gasteiger partial charge >= 0.3 is 90.6 Å². The van der Waals surface area contributed by atoms with Crippen LogP contribution in [0.2, 0.25) is 0 Å². The van der Waals surface area contributed by atoms with Gasteiger partial charge in [0.2, 0.25) is 0 Å². The first kappa shape index (κ1) is 12.6. The van der Waals surface area contributed by atoms with Crippen LogP contribution < -0.4 is 5.30 Å². The summed E-state index contributed by atoms with van der Waals surface area (Å²) in [6.45, 7) is 7.09. The SMILES string of the molecule is C[PH](C)(C)c1ccccc1.[Cl][Pd]. The van der Waals surface area contributed by atoms with Crippen molar-refractivity contribution in [3.8, 4) is 0 Å². The van der Waals surface area contributed by atoms with Gasteiger partial charge in [0.05, 0.1) is 0 Å². The van der Waals surface area contributed by atoms with E-state index in [0.717, 1.165) is 0 Å². The van der Waals surface area contributed by atoms with Gasteiger partial charge in [0.15, 0.2) is 0 Å². The van der Waals surface area contributed by atoms with Crippen LogP contribution in [0.4, 0.5) is 0 Å². The van der Waals surface area contributed by atoms with Crippen molar-refractivity contribution in [2.75, 3.05) is 20.0 Å². The molecule has 0 aliphatic heterocycles. The molecular formula is C9H15ClPPd. The monoisotopic (exact) mass is 295 g/mol. The summed E-state index contributed by atoms with van der Waals surface area (Å²) in [5.74, 6) is 0. The van der Waals surface area contributed by atoms with Crippen molar-refractivity contribution in [1.29, 1.82) is 0 Å². The number of halogens is 1. The molecule has 0 amide bonds. The van der Waals surface area contributed by atoms with E-state index in [0.29, 0.717) is 0 Å². The number of benzene rings is 1. The topological polar surface area (TPSA) is 0 Å². The van der Waals surface area contributed by atoms with Crippen molar-refractivity contribution in [2.45, 2.75) is 0 Å². The zero-order valence-electron chi connectivity index (χ0n) is 7.58. The molecule has 0 radical (unpaired) electrons. The van der Waals surface area contributed by atoms with Crippen molar-refractivity contribution in [3.63, 3.8) is 0 Å². The van der Waals surface area contributed by atoms with Crippen LogP contribution >= 0.6 is 16.8 Å². The third kappa shape index (κ3) is 4.58. The normalized spacial score (nSPS) is 11.5. The van der Waals surface area contributed by atoms with E-state index < -0.39 is 7.26 Å². The molecule has 1 aromatic carbocycles. The third-order valence-corrected chi connectivity index (χ3v) is 3.71. The van der Waals surface area contributed by atoms with Gasteiger partial charge in [-0.3, -0.25) is 0 Å². The Morgan fingerprint density at radius 2 is 1.42 bits per heavy atom. The Hall–Kier alpha value is 0.602. The molecule has 0 atom stereocenters. The van der Waals surface area contributed by atoms with E-state index >= 15 is 0 Å². The Labute approximate surface area is 90.4 Å². The van der Waals surface area contributed by atoms with Crippen LogP contribution in [-0.2, 0) is 18.2 Å². The molecule has 3 heteroatoms. The summed E-state index contributed by atoms with van der Waals surface area (Å²) in [7, 11) is 3.46. The predicted octanol–water partition coefficient (Wildman–Crippen LogP) is 2.64. The number of rotatable bonds is 1. The van der Waals surface area contributed by atoms with Crippen molar-refractivity contribution in [2.24, 2.45) is 0 Å². The van der Waals surface area contributed by atoms with Crippen LogP contribution in [-0.4, -0.2) is 20.0 Å². The van der Waals surface area contributed by atoms with Gasteiger partial charge in [-0.05, 0) is 0 Å². The van der Waals surface area contributed by atoms with E-state index in [1.54, 1.807) is 0 Å². The Morgan fingerprint density at radius 3 is 1.67 bits per heavy atom. The van der Waals surface area contributed by atoms with Crippen LogP contribution in [0.25, 0.3) is 0 Å². The molecule has 0 N–H and O–H groups in total. The van der Waals surface area contributed by atoms with Crippen LogP contribution in [0.15, 0.2) is 30.3 Å². The van der Waals surface area contributed by atoms with Gasteiger partial charge < -0.3 is 0 Å². The molecule has 0 fully saturated rings. The van der Waals surface area contributed by atoms with Crippen molar-refractivity contribution >= 4 is 22.1 Å². The zero-order valence-corrected chi connectivity index (χ0v) is 10.9. The van der Waals surface area contributed by atoms with Gasteiger partial charge in [-0.2, -0.15) is 0 Å². The second-order valence-corrected chi connectivity index (χ2v) is 8.69. The average molecular weight is 296 g/mol. The van der Waals surface area contributed by atoms with Gasteiger partial charge in [-0.25, -0.2) is 0 Å². The van der Waals surface area contributed by atoms with E-state index in [9.17, 15) is 0 Å². The van der Waals surface area contributed by atoms with Crippen LogP contribution in [0.3, 0.4) is 0 Å². The maximum atomic E-state index is 4.49. The molecule has 0 bridgehead atoms. The van der Waals surface area contributed by atoms with Crippen molar-refractivity contribution < 1.29 is 18.2 Å². The molecule has 0 aromatic heterocycles. The van der Waals surface area contributed by atoms with Crippen LogP contribution in [0.1, 0.15) is 0 Å². The molecule has 73 valence electrons. The fourth-order valence-electron chi connectivity index (χ4n) is 0.938. The maximum absolute atomic E-state index is 4.49. The Bertz CT molecular complexity index is 206. The zero-order chi connectivity index (χ0) is 9.61. The summed E-state index contributed by atoms with van der Waals surface area (Å²) in [4.78, 5) is 0. The fraction of sp³-hybridized carbons (Fsp3) is 0.333. The third-order valence-electron chi connectivity index (χ3n) is 1.64. The molecule has 0 aliphatic rings. The van der Waals surface area contributed by atoms with Crippen LogP contribution in [0.5, 0.6) is 0 Å². The molecule has 0 nitrogen and oxygen atoms in total. The molecule has 0 spiro atoms. The average Bonchev–Trinajstić information content (AvgIpc) is 2.08. The van der Waals surface area contributed by atoms with E-state index in [2.05, 4.69) is 78.0 Å². The minimum absolute atomic E-state index is 1.03. The van der Waals surface area contributed by atoms with E-state index in [1.807, 2.05) is 0 Å². The second kappa shape index (κ2) is 6.12. The van der Waals surface area contributed by atoms with E-state index in [1.165, 1.54) is 5.30 Å². The van der Waals surface area contributed by atoms with Gasteiger partial charge in [-0.1, -0.05) is 0 Å². The summed E-state index contributed by atoms with van der Waals surface area (Å²) in [5, 5.41) is 1.54. The minimum atomic E-state index is -1.03.